The molecule has 0 radical (unpaired) electrons. The van der Waals surface area contributed by atoms with Crippen molar-refractivity contribution in [2.24, 2.45) is 0 Å². The van der Waals surface area contributed by atoms with Gasteiger partial charge in [0.05, 0.1) is 23.6 Å². The van der Waals surface area contributed by atoms with Crippen LogP contribution < -0.4 is 9.47 Å². The lowest BCUT2D eigenvalue weighted by Crippen LogP contribution is -2.26. The number of rotatable bonds is 7. The molecule has 0 fully saturated rings. The highest BCUT2D eigenvalue weighted by Crippen LogP contribution is 2.37. The smallest absolute Gasteiger partial charge is 0.166 e. The van der Waals surface area contributed by atoms with Crippen LogP contribution in [0.15, 0.2) is 106 Å². The largest absolute Gasteiger partial charge is 0.497 e. The lowest BCUT2D eigenvalue weighted by molar-refractivity contribution is 0.0504. The number of allylic oxidation sites excluding steroid dienone is 1. The Hall–Kier alpha value is -2.95. The molecule has 4 heteroatoms. The fourth-order valence-electron chi connectivity index (χ4n) is 3.51. The summed E-state index contributed by atoms with van der Waals surface area (Å²) in [5.74, 6) is 2.53. The molecule has 1 aliphatic rings. The van der Waals surface area contributed by atoms with E-state index in [2.05, 4.69) is 68.5 Å². The van der Waals surface area contributed by atoms with Gasteiger partial charge in [-0.25, -0.2) is 0 Å². The van der Waals surface area contributed by atoms with E-state index in [9.17, 15) is 0 Å². The molecule has 3 nitrogen and oxygen atoms in total. The summed E-state index contributed by atoms with van der Waals surface area (Å²) < 4.78 is 17.1. The Kier molecular flexibility index (Phi) is 6.73. The van der Waals surface area contributed by atoms with E-state index in [4.69, 9.17) is 14.2 Å². The van der Waals surface area contributed by atoms with Gasteiger partial charge in [0, 0.05) is 13.5 Å². The average molecular weight is 446 g/mol. The predicted molar refractivity (Wildman–Crippen MR) is 132 cm³/mol. The van der Waals surface area contributed by atoms with Crippen LogP contribution in [-0.2, 0) is 15.6 Å². The van der Waals surface area contributed by atoms with Crippen LogP contribution in [0.4, 0.5) is 0 Å². The van der Waals surface area contributed by atoms with Gasteiger partial charge in [-0.05, 0) is 92.7 Å². The highest BCUT2D eigenvalue weighted by Gasteiger charge is 2.33. The number of methoxy groups -OCH3 is 2. The molecule has 0 amide bonds. The van der Waals surface area contributed by atoms with Crippen molar-refractivity contribution >= 4 is 10.9 Å². The number of aryl methyl sites for hydroxylation is 1. The first-order chi connectivity index (χ1) is 15.5. The predicted octanol–water partition coefficient (Wildman–Crippen LogP) is 7.08. The Morgan fingerprint density at radius 2 is 1.28 bits per heavy atom. The van der Waals surface area contributed by atoms with Gasteiger partial charge >= 0.3 is 0 Å². The van der Waals surface area contributed by atoms with Gasteiger partial charge in [-0.2, -0.15) is 0 Å². The van der Waals surface area contributed by atoms with E-state index in [1.54, 1.807) is 14.2 Å². The van der Waals surface area contributed by atoms with Gasteiger partial charge in [0.1, 0.15) is 17.2 Å². The first-order valence-electron chi connectivity index (χ1n) is 10.7. The van der Waals surface area contributed by atoms with E-state index in [-0.39, 0.29) is 16.5 Å². The van der Waals surface area contributed by atoms with Crippen molar-refractivity contribution in [2.45, 2.75) is 35.7 Å². The van der Waals surface area contributed by atoms with Gasteiger partial charge in [-0.15, -0.1) is 0 Å². The molecule has 0 N–H and O–H groups in total. The van der Waals surface area contributed by atoms with Gasteiger partial charge in [-0.3, -0.25) is 0 Å². The van der Waals surface area contributed by atoms with Crippen LogP contribution in [-0.4, -0.2) is 19.8 Å². The first kappa shape index (κ1) is 22.3. The third-order valence-electron chi connectivity index (χ3n) is 5.62. The molecule has 0 saturated carbocycles. The summed E-state index contributed by atoms with van der Waals surface area (Å²) in [6.07, 6.45) is 7.52. The fourth-order valence-corrected chi connectivity index (χ4v) is 5.59. The number of hydrogen-bond donors (Lipinski definition) is 0. The van der Waals surface area contributed by atoms with E-state index in [0.717, 1.165) is 23.7 Å². The molecule has 0 aliphatic heterocycles. The molecular formula is C28H29O3S+. The molecular weight excluding hydrogens is 416 g/mol. The Balaban J connectivity index is 1.63. The van der Waals surface area contributed by atoms with Crippen LogP contribution in [0.2, 0.25) is 0 Å². The maximum atomic E-state index is 6.03. The van der Waals surface area contributed by atoms with Gasteiger partial charge in [0.2, 0.25) is 0 Å². The first-order valence-corrected chi connectivity index (χ1v) is 11.9. The minimum absolute atomic E-state index is 0.233. The molecule has 164 valence electrons. The normalized spacial score (nSPS) is 18.7. The summed E-state index contributed by atoms with van der Waals surface area (Å²) in [7, 11) is 3.22. The summed E-state index contributed by atoms with van der Waals surface area (Å²) in [6, 6.07) is 24.9. The summed E-state index contributed by atoms with van der Waals surface area (Å²) in [5, 5.41) is 0. The van der Waals surface area contributed by atoms with Gasteiger partial charge in [0.25, 0.3) is 0 Å². The number of ether oxygens (including phenoxy) is 3. The quantitative estimate of drug-likeness (QED) is 0.364. The van der Waals surface area contributed by atoms with Crippen LogP contribution in [0.25, 0.3) is 0 Å². The fraction of sp³-hybridized carbons (Fsp3) is 0.214. The summed E-state index contributed by atoms with van der Waals surface area (Å²) in [4.78, 5) is 3.77. The Bertz CT molecular complexity index is 1100. The van der Waals surface area contributed by atoms with Crippen LogP contribution in [0, 0.1) is 6.92 Å². The van der Waals surface area contributed by atoms with E-state index >= 15 is 0 Å². The molecule has 0 spiro atoms. The molecule has 0 aromatic heterocycles. The van der Waals surface area contributed by atoms with Crippen molar-refractivity contribution in [2.75, 3.05) is 14.2 Å². The van der Waals surface area contributed by atoms with E-state index in [0.29, 0.717) is 0 Å². The van der Waals surface area contributed by atoms with E-state index in [1.165, 1.54) is 20.3 Å². The Labute approximate surface area is 193 Å². The second kappa shape index (κ2) is 9.68. The topological polar surface area (TPSA) is 27.7 Å². The van der Waals surface area contributed by atoms with Gasteiger partial charge in [-0.1, -0.05) is 17.7 Å². The zero-order valence-electron chi connectivity index (χ0n) is 19.0. The lowest BCUT2D eigenvalue weighted by Gasteiger charge is -2.25. The van der Waals surface area contributed by atoms with Crippen molar-refractivity contribution in [3.05, 3.63) is 101 Å². The van der Waals surface area contributed by atoms with Gasteiger partial charge < -0.3 is 14.2 Å². The van der Waals surface area contributed by atoms with E-state index in [1.807, 2.05) is 36.4 Å². The van der Waals surface area contributed by atoms with Crippen molar-refractivity contribution in [3.63, 3.8) is 0 Å². The van der Waals surface area contributed by atoms with Crippen LogP contribution in [0.5, 0.6) is 17.2 Å². The average Bonchev–Trinajstić information content (AvgIpc) is 2.83. The van der Waals surface area contributed by atoms with Crippen LogP contribution >= 0.6 is 0 Å². The second-order valence-corrected chi connectivity index (χ2v) is 10.1. The molecule has 1 aliphatic carbocycles. The zero-order chi connectivity index (χ0) is 22.6. The standard InChI is InChI=1S/C28H29O3S/c1-21-5-7-23(8-6-21)31-24-11-15-26(16-12-24)32(25-13-9-22(29-3)10-14-25)27-17-19-28(2,30-4)20-18-27/h5-19H,20H2,1-4H3/q+1. The minimum atomic E-state index is -0.246. The zero-order valence-corrected chi connectivity index (χ0v) is 19.8. The maximum absolute atomic E-state index is 6.03. The monoisotopic (exact) mass is 445 g/mol. The highest BCUT2D eigenvalue weighted by molar-refractivity contribution is 8.00. The van der Waals surface area contributed by atoms with Crippen molar-refractivity contribution in [1.82, 2.24) is 0 Å². The SMILES string of the molecule is COc1ccc([S+](C2=CCC(C)(OC)C=C2)c2ccc(Oc3ccc(C)cc3)cc2)cc1. The molecule has 0 saturated heterocycles. The molecule has 2 atom stereocenters. The van der Waals surface area contributed by atoms with Crippen molar-refractivity contribution < 1.29 is 14.2 Å². The lowest BCUT2D eigenvalue weighted by atomic mass is 9.98. The summed E-state index contributed by atoms with van der Waals surface area (Å²) in [6.45, 7) is 4.18. The molecule has 4 rings (SSSR count). The number of hydrogen-bond acceptors (Lipinski definition) is 3. The van der Waals surface area contributed by atoms with Crippen molar-refractivity contribution in [3.8, 4) is 17.2 Å². The summed E-state index contributed by atoms with van der Waals surface area (Å²) in [5.41, 5.74) is 0.971. The molecule has 3 aromatic carbocycles. The van der Waals surface area contributed by atoms with E-state index < -0.39 is 0 Å². The molecule has 3 aromatic rings. The van der Waals surface area contributed by atoms with Crippen LogP contribution in [0.3, 0.4) is 0 Å². The van der Waals surface area contributed by atoms with Crippen molar-refractivity contribution in [1.29, 1.82) is 0 Å². The number of benzene rings is 3. The molecule has 0 bridgehead atoms. The molecule has 2 unspecified atom stereocenters. The van der Waals surface area contributed by atoms with Gasteiger partial charge in [0.15, 0.2) is 14.7 Å². The minimum Gasteiger partial charge on any atom is -0.497 e. The Morgan fingerprint density at radius 1 is 0.750 bits per heavy atom. The Morgan fingerprint density at radius 3 is 1.75 bits per heavy atom. The third-order valence-corrected chi connectivity index (χ3v) is 7.88. The highest BCUT2D eigenvalue weighted by atomic mass is 32.2. The summed E-state index contributed by atoms with van der Waals surface area (Å²) >= 11 is 0. The maximum Gasteiger partial charge on any atom is 0.166 e. The third kappa shape index (κ3) is 5.09. The molecule has 32 heavy (non-hydrogen) atoms. The second-order valence-electron chi connectivity index (χ2n) is 8.03. The van der Waals surface area contributed by atoms with Crippen LogP contribution in [0.1, 0.15) is 18.9 Å². The molecule has 0 heterocycles.